The molecule has 0 bridgehead atoms. The van der Waals surface area contributed by atoms with E-state index in [1.165, 1.54) is 0 Å². The van der Waals surface area contributed by atoms with Crippen LogP contribution in [0.4, 0.5) is 0 Å². The Hall–Kier alpha value is -3.94. The minimum atomic E-state index is -1.31. The van der Waals surface area contributed by atoms with Crippen molar-refractivity contribution in [2.45, 2.75) is 46.2 Å². The second-order valence-corrected chi connectivity index (χ2v) is 9.06. The molecule has 8 nitrogen and oxygen atoms in total. The van der Waals surface area contributed by atoms with E-state index in [-0.39, 0.29) is 42.3 Å². The summed E-state index contributed by atoms with van der Waals surface area (Å²) >= 11 is 0. The topological polar surface area (TPSA) is 122 Å². The van der Waals surface area contributed by atoms with E-state index >= 15 is 0 Å². The summed E-state index contributed by atoms with van der Waals surface area (Å²) in [6.45, 7) is 6.81. The van der Waals surface area contributed by atoms with E-state index in [2.05, 4.69) is 10.6 Å². The van der Waals surface area contributed by atoms with Crippen LogP contribution in [0.3, 0.4) is 0 Å². The predicted molar refractivity (Wildman–Crippen MR) is 136 cm³/mol. The molecule has 0 heterocycles. The third-order valence-electron chi connectivity index (χ3n) is 5.45. The molecule has 192 valence electrons. The minimum Gasteiger partial charge on any atom is -0.478 e. The van der Waals surface area contributed by atoms with Gasteiger partial charge in [-0.15, -0.1) is 0 Å². The summed E-state index contributed by atoms with van der Waals surface area (Å²) in [5.41, 5.74) is 1.36. The van der Waals surface area contributed by atoms with Gasteiger partial charge in [0.25, 0.3) is 0 Å². The number of carboxylic acids is 1. The third-order valence-corrected chi connectivity index (χ3v) is 5.45. The van der Waals surface area contributed by atoms with Crippen molar-refractivity contribution in [3.05, 3.63) is 83.4 Å². The summed E-state index contributed by atoms with van der Waals surface area (Å²) in [6, 6.07) is 16.8. The standard InChI is InChI=1S/C28H34N2O6/c1-18(2)26(33)29-23(20-11-7-5-8-12-20)15-22(16-25(31)32)28(35)36-17-24(30-27(34)19(3)4)21-13-9-6-10-14-21/h5-14,16,18-19,23-24H,15,17H2,1-4H3,(H,29,33)(H,30,34)(H,31,32)/t23-,24+/m1/s1. The second-order valence-electron chi connectivity index (χ2n) is 9.06. The molecule has 36 heavy (non-hydrogen) atoms. The van der Waals surface area contributed by atoms with Crippen molar-refractivity contribution >= 4 is 23.8 Å². The van der Waals surface area contributed by atoms with Gasteiger partial charge in [0.15, 0.2) is 0 Å². The van der Waals surface area contributed by atoms with Crippen LogP contribution in [0.5, 0.6) is 0 Å². The van der Waals surface area contributed by atoms with Gasteiger partial charge in [-0.05, 0) is 11.1 Å². The monoisotopic (exact) mass is 494 g/mol. The zero-order valence-electron chi connectivity index (χ0n) is 21.1. The van der Waals surface area contributed by atoms with Crippen LogP contribution in [-0.2, 0) is 23.9 Å². The third kappa shape index (κ3) is 9.02. The minimum absolute atomic E-state index is 0.0814. The smallest absolute Gasteiger partial charge is 0.334 e. The molecule has 2 atom stereocenters. The number of carboxylic acid groups (broad SMARTS) is 1. The Balaban J connectivity index is 2.25. The number of ether oxygens (including phenoxy) is 1. The lowest BCUT2D eigenvalue weighted by molar-refractivity contribution is -0.142. The van der Waals surface area contributed by atoms with Crippen LogP contribution in [0, 0.1) is 11.8 Å². The fourth-order valence-electron chi connectivity index (χ4n) is 3.34. The summed E-state index contributed by atoms with van der Waals surface area (Å²) in [5, 5.41) is 15.1. The summed E-state index contributed by atoms with van der Waals surface area (Å²) in [7, 11) is 0. The molecule has 2 aromatic rings. The highest BCUT2D eigenvalue weighted by atomic mass is 16.5. The van der Waals surface area contributed by atoms with Gasteiger partial charge in [-0.25, -0.2) is 9.59 Å². The number of carbonyl (C=O) groups is 4. The summed E-state index contributed by atoms with van der Waals surface area (Å²) in [4.78, 5) is 49.3. The van der Waals surface area contributed by atoms with Crippen LogP contribution in [-0.4, -0.2) is 35.5 Å². The van der Waals surface area contributed by atoms with Gasteiger partial charge in [-0.1, -0.05) is 88.4 Å². The first-order valence-electron chi connectivity index (χ1n) is 11.9. The van der Waals surface area contributed by atoms with Crippen molar-refractivity contribution in [3.63, 3.8) is 0 Å². The predicted octanol–water partition coefficient (Wildman–Crippen LogP) is 3.96. The number of hydrogen-bond donors (Lipinski definition) is 3. The number of benzene rings is 2. The molecular weight excluding hydrogens is 460 g/mol. The Morgan fingerprint density at radius 1 is 0.778 bits per heavy atom. The van der Waals surface area contributed by atoms with E-state index in [1.54, 1.807) is 64.1 Å². The molecule has 0 radical (unpaired) electrons. The molecule has 2 aromatic carbocycles. The Labute approximate surface area is 211 Å². The summed E-state index contributed by atoms with van der Waals surface area (Å²) in [6.07, 6.45) is 0.714. The Morgan fingerprint density at radius 3 is 1.67 bits per heavy atom. The van der Waals surface area contributed by atoms with E-state index in [4.69, 9.17) is 4.74 Å². The first-order valence-corrected chi connectivity index (χ1v) is 11.9. The highest BCUT2D eigenvalue weighted by molar-refractivity contribution is 5.96. The van der Waals surface area contributed by atoms with Gasteiger partial charge in [0.05, 0.1) is 12.1 Å². The van der Waals surface area contributed by atoms with Gasteiger partial charge in [0.1, 0.15) is 6.61 Å². The normalized spacial score (nSPS) is 13.1. The van der Waals surface area contributed by atoms with Gasteiger partial charge in [0, 0.05) is 29.9 Å². The van der Waals surface area contributed by atoms with Crippen molar-refractivity contribution in [2.24, 2.45) is 11.8 Å². The van der Waals surface area contributed by atoms with Crippen molar-refractivity contribution in [3.8, 4) is 0 Å². The fraction of sp³-hybridized carbons (Fsp3) is 0.357. The average Bonchev–Trinajstić information content (AvgIpc) is 2.85. The van der Waals surface area contributed by atoms with Crippen LogP contribution in [0.1, 0.15) is 57.3 Å². The summed E-state index contributed by atoms with van der Waals surface area (Å²) in [5.74, 6) is -3.15. The zero-order valence-corrected chi connectivity index (χ0v) is 21.1. The van der Waals surface area contributed by atoms with Crippen molar-refractivity contribution < 1.29 is 29.0 Å². The van der Waals surface area contributed by atoms with Crippen LogP contribution in [0.15, 0.2) is 72.3 Å². The lowest BCUT2D eigenvalue weighted by Crippen LogP contribution is -2.35. The molecule has 0 fully saturated rings. The lowest BCUT2D eigenvalue weighted by Gasteiger charge is -2.23. The highest BCUT2D eigenvalue weighted by Crippen LogP contribution is 2.23. The maximum absolute atomic E-state index is 13.0. The van der Waals surface area contributed by atoms with E-state index in [0.29, 0.717) is 0 Å². The Bertz CT molecular complexity index is 1060. The first kappa shape index (κ1) is 28.3. The molecule has 2 rings (SSSR count). The number of amides is 2. The molecule has 0 aliphatic heterocycles. The molecule has 8 heteroatoms. The van der Waals surface area contributed by atoms with Crippen LogP contribution in [0.25, 0.3) is 0 Å². The van der Waals surface area contributed by atoms with Gasteiger partial charge in [-0.3, -0.25) is 9.59 Å². The Morgan fingerprint density at radius 2 is 1.22 bits per heavy atom. The van der Waals surface area contributed by atoms with E-state index in [0.717, 1.165) is 17.2 Å². The molecule has 0 aromatic heterocycles. The number of nitrogens with one attached hydrogen (secondary N) is 2. The molecule has 0 spiro atoms. The van der Waals surface area contributed by atoms with Crippen molar-refractivity contribution in [1.29, 1.82) is 0 Å². The first-order chi connectivity index (χ1) is 17.1. The summed E-state index contributed by atoms with van der Waals surface area (Å²) < 4.78 is 5.49. The molecule has 0 unspecified atom stereocenters. The molecule has 2 amide bonds. The van der Waals surface area contributed by atoms with E-state index in [1.807, 2.05) is 24.3 Å². The fourth-order valence-corrected chi connectivity index (χ4v) is 3.34. The number of aliphatic carboxylic acids is 1. The van der Waals surface area contributed by atoms with Crippen LogP contribution >= 0.6 is 0 Å². The SMILES string of the molecule is CC(C)C(=O)N[C@@H](COC(=O)C(=CC(=O)O)C[C@@H](NC(=O)C(C)C)c1ccccc1)c1ccccc1. The maximum Gasteiger partial charge on any atom is 0.334 e. The van der Waals surface area contributed by atoms with Crippen molar-refractivity contribution in [1.82, 2.24) is 10.6 Å². The molecule has 3 N–H and O–H groups in total. The van der Waals surface area contributed by atoms with Crippen LogP contribution < -0.4 is 10.6 Å². The lowest BCUT2D eigenvalue weighted by atomic mass is 9.97. The number of rotatable bonds is 12. The molecule has 0 saturated carbocycles. The van der Waals surface area contributed by atoms with E-state index in [9.17, 15) is 24.3 Å². The number of carbonyl (C=O) groups excluding carboxylic acids is 3. The zero-order chi connectivity index (χ0) is 26.7. The molecule has 0 saturated heterocycles. The highest BCUT2D eigenvalue weighted by Gasteiger charge is 2.25. The van der Waals surface area contributed by atoms with Gasteiger partial charge < -0.3 is 20.5 Å². The number of hydrogen-bond acceptors (Lipinski definition) is 5. The van der Waals surface area contributed by atoms with Crippen molar-refractivity contribution in [2.75, 3.05) is 6.61 Å². The van der Waals surface area contributed by atoms with Gasteiger partial charge in [0.2, 0.25) is 11.8 Å². The maximum atomic E-state index is 13.0. The quantitative estimate of drug-likeness (QED) is 0.303. The Kier molecular flexibility index (Phi) is 10.9. The van der Waals surface area contributed by atoms with Gasteiger partial charge in [-0.2, -0.15) is 0 Å². The van der Waals surface area contributed by atoms with Gasteiger partial charge >= 0.3 is 11.9 Å². The van der Waals surface area contributed by atoms with Crippen LogP contribution in [0.2, 0.25) is 0 Å². The second kappa shape index (κ2) is 13.8. The molecule has 0 aliphatic carbocycles. The number of esters is 1. The largest absolute Gasteiger partial charge is 0.478 e. The average molecular weight is 495 g/mol. The van der Waals surface area contributed by atoms with E-state index < -0.39 is 24.0 Å². The molecule has 0 aliphatic rings. The molecular formula is C28H34N2O6.